The highest BCUT2D eigenvalue weighted by Crippen LogP contribution is 2.20. The number of aryl methyl sites for hydroxylation is 2. The summed E-state index contributed by atoms with van der Waals surface area (Å²) in [5.74, 6) is 1.19. The summed E-state index contributed by atoms with van der Waals surface area (Å²) in [6.07, 6.45) is 4.14. The van der Waals surface area contributed by atoms with Gasteiger partial charge in [0.05, 0.1) is 11.0 Å². The number of carbonyl (C=O) groups is 1. The van der Waals surface area contributed by atoms with Gasteiger partial charge in [0.15, 0.2) is 0 Å². The average Bonchev–Trinajstić information content (AvgIpc) is 2.95. The van der Waals surface area contributed by atoms with E-state index in [1.165, 1.54) is 16.6 Å². The van der Waals surface area contributed by atoms with Gasteiger partial charge in [0.25, 0.3) is 0 Å². The second-order valence-electron chi connectivity index (χ2n) is 6.89. The maximum absolute atomic E-state index is 10.9. The number of hydrogen-bond acceptors (Lipinski definition) is 2. The summed E-state index contributed by atoms with van der Waals surface area (Å²) in [5, 5.41) is 2.86. The van der Waals surface area contributed by atoms with Crippen LogP contribution in [-0.4, -0.2) is 22.0 Å². The highest BCUT2D eigenvalue weighted by Gasteiger charge is 2.10. The highest BCUT2D eigenvalue weighted by molar-refractivity contribution is 5.76. The number of fused-ring (bicyclic) bond motifs is 1. The van der Waals surface area contributed by atoms with Gasteiger partial charge >= 0.3 is 0 Å². The molecule has 3 aromatic rings. The Bertz CT molecular complexity index is 882. The van der Waals surface area contributed by atoms with Crippen LogP contribution in [0.2, 0.25) is 0 Å². The summed E-state index contributed by atoms with van der Waals surface area (Å²) in [6, 6.07) is 17.0. The molecule has 3 rings (SSSR count). The summed E-state index contributed by atoms with van der Waals surface area (Å²) < 4.78 is 2.35. The van der Waals surface area contributed by atoms with Crippen molar-refractivity contribution in [2.24, 2.45) is 0 Å². The van der Waals surface area contributed by atoms with Gasteiger partial charge in [-0.2, -0.15) is 0 Å². The number of benzene rings is 2. The Morgan fingerprint density at radius 1 is 1.08 bits per heavy atom. The van der Waals surface area contributed by atoms with Crippen molar-refractivity contribution >= 4 is 16.9 Å². The standard InChI is InChI=1S/C22H27N3O/c1-17-9-8-10-19(15-17)16-25-21-12-6-5-11-20(21)24-22(25)13-4-3-7-14-23-18(2)26/h5-6,8-12,15H,3-4,7,13-14,16H2,1-2H3,(H,23,26). The van der Waals surface area contributed by atoms with Crippen molar-refractivity contribution in [2.45, 2.75) is 46.1 Å². The van der Waals surface area contributed by atoms with Crippen LogP contribution in [0.25, 0.3) is 11.0 Å². The van der Waals surface area contributed by atoms with Crippen molar-refractivity contribution < 1.29 is 4.79 Å². The monoisotopic (exact) mass is 349 g/mol. The Labute approximate surface area is 155 Å². The normalized spacial score (nSPS) is 11.0. The molecule has 0 radical (unpaired) electrons. The predicted octanol–water partition coefficient (Wildman–Crippen LogP) is 4.24. The van der Waals surface area contributed by atoms with E-state index >= 15 is 0 Å². The zero-order valence-corrected chi connectivity index (χ0v) is 15.7. The molecule has 0 fully saturated rings. The molecule has 1 amide bonds. The Morgan fingerprint density at radius 3 is 2.73 bits per heavy atom. The lowest BCUT2D eigenvalue weighted by molar-refractivity contribution is -0.118. The van der Waals surface area contributed by atoms with E-state index in [2.05, 4.69) is 59.3 Å². The topological polar surface area (TPSA) is 46.9 Å². The van der Waals surface area contributed by atoms with E-state index in [0.29, 0.717) is 0 Å². The van der Waals surface area contributed by atoms with Crippen LogP contribution in [0, 0.1) is 6.92 Å². The zero-order chi connectivity index (χ0) is 18.4. The minimum Gasteiger partial charge on any atom is -0.356 e. The highest BCUT2D eigenvalue weighted by atomic mass is 16.1. The minimum absolute atomic E-state index is 0.0462. The number of rotatable bonds is 8. The predicted molar refractivity (Wildman–Crippen MR) is 106 cm³/mol. The van der Waals surface area contributed by atoms with Crippen LogP contribution < -0.4 is 5.32 Å². The number of hydrogen-bond donors (Lipinski definition) is 1. The molecule has 2 aromatic carbocycles. The number of amides is 1. The SMILES string of the molecule is CC(=O)NCCCCCc1nc2ccccc2n1Cc1cccc(C)c1. The third-order valence-corrected chi connectivity index (χ3v) is 4.61. The molecule has 0 spiro atoms. The lowest BCUT2D eigenvalue weighted by Crippen LogP contribution is -2.20. The molecule has 0 saturated heterocycles. The second kappa shape index (κ2) is 8.65. The molecule has 0 aliphatic carbocycles. The summed E-state index contributed by atoms with van der Waals surface area (Å²) in [5.41, 5.74) is 4.85. The van der Waals surface area contributed by atoms with Gasteiger partial charge in [0.2, 0.25) is 5.91 Å². The minimum atomic E-state index is 0.0462. The summed E-state index contributed by atoms with van der Waals surface area (Å²) >= 11 is 0. The summed E-state index contributed by atoms with van der Waals surface area (Å²) in [7, 11) is 0. The first-order chi connectivity index (χ1) is 12.6. The van der Waals surface area contributed by atoms with Crippen molar-refractivity contribution in [1.82, 2.24) is 14.9 Å². The van der Waals surface area contributed by atoms with Gasteiger partial charge < -0.3 is 9.88 Å². The first-order valence-electron chi connectivity index (χ1n) is 9.37. The van der Waals surface area contributed by atoms with E-state index in [1.54, 1.807) is 6.92 Å². The summed E-state index contributed by atoms with van der Waals surface area (Å²) in [4.78, 5) is 15.8. The molecule has 26 heavy (non-hydrogen) atoms. The average molecular weight is 349 g/mol. The Balaban J connectivity index is 1.71. The molecule has 1 heterocycles. The van der Waals surface area contributed by atoms with E-state index < -0.39 is 0 Å². The van der Waals surface area contributed by atoms with Crippen molar-refractivity contribution in [3.05, 3.63) is 65.5 Å². The number of unbranched alkanes of at least 4 members (excludes halogenated alkanes) is 2. The van der Waals surface area contributed by atoms with Crippen LogP contribution in [-0.2, 0) is 17.8 Å². The maximum atomic E-state index is 10.9. The molecule has 0 unspecified atom stereocenters. The van der Waals surface area contributed by atoms with Crippen molar-refractivity contribution in [1.29, 1.82) is 0 Å². The Hall–Kier alpha value is -2.62. The zero-order valence-electron chi connectivity index (χ0n) is 15.7. The molecular formula is C22H27N3O. The van der Waals surface area contributed by atoms with E-state index in [4.69, 9.17) is 4.98 Å². The molecule has 0 aliphatic heterocycles. The van der Waals surface area contributed by atoms with Gasteiger partial charge in [-0.05, 0) is 37.5 Å². The van der Waals surface area contributed by atoms with Crippen molar-refractivity contribution in [2.75, 3.05) is 6.54 Å². The third-order valence-electron chi connectivity index (χ3n) is 4.61. The quantitative estimate of drug-likeness (QED) is 0.618. The number of nitrogens with one attached hydrogen (secondary N) is 1. The van der Waals surface area contributed by atoms with Crippen LogP contribution in [0.4, 0.5) is 0 Å². The van der Waals surface area contributed by atoms with Crippen LogP contribution >= 0.6 is 0 Å². The van der Waals surface area contributed by atoms with Crippen LogP contribution in [0.1, 0.15) is 43.1 Å². The van der Waals surface area contributed by atoms with Crippen LogP contribution in [0.3, 0.4) is 0 Å². The third kappa shape index (κ3) is 4.72. The summed E-state index contributed by atoms with van der Waals surface area (Å²) in [6.45, 7) is 5.30. The van der Waals surface area contributed by atoms with E-state index in [-0.39, 0.29) is 5.91 Å². The van der Waals surface area contributed by atoms with E-state index in [9.17, 15) is 4.79 Å². The molecule has 0 aliphatic rings. The van der Waals surface area contributed by atoms with Gasteiger partial charge in [-0.25, -0.2) is 4.98 Å². The fourth-order valence-corrected chi connectivity index (χ4v) is 3.34. The van der Waals surface area contributed by atoms with Crippen LogP contribution in [0.5, 0.6) is 0 Å². The van der Waals surface area contributed by atoms with Gasteiger partial charge in [0, 0.05) is 26.4 Å². The molecule has 0 atom stereocenters. The number of aromatic nitrogens is 2. The number of para-hydroxylation sites is 2. The smallest absolute Gasteiger partial charge is 0.216 e. The van der Waals surface area contributed by atoms with Gasteiger partial charge in [0.1, 0.15) is 5.82 Å². The first-order valence-corrected chi connectivity index (χ1v) is 9.37. The molecule has 1 N–H and O–H groups in total. The Morgan fingerprint density at radius 2 is 1.92 bits per heavy atom. The molecule has 4 nitrogen and oxygen atoms in total. The number of imidazole rings is 1. The molecule has 1 aromatic heterocycles. The van der Waals surface area contributed by atoms with Crippen molar-refractivity contribution in [3.63, 3.8) is 0 Å². The largest absolute Gasteiger partial charge is 0.356 e. The second-order valence-corrected chi connectivity index (χ2v) is 6.89. The molecule has 0 saturated carbocycles. The van der Waals surface area contributed by atoms with E-state index in [0.717, 1.165) is 50.1 Å². The molecule has 0 bridgehead atoms. The van der Waals surface area contributed by atoms with E-state index in [1.807, 2.05) is 6.07 Å². The van der Waals surface area contributed by atoms with Crippen LogP contribution in [0.15, 0.2) is 48.5 Å². The molecular weight excluding hydrogens is 322 g/mol. The first kappa shape index (κ1) is 18.2. The molecule has 136 valence electrons. The lowest BCUT2D eigenvalue weighted by Gasteiger charge is -2.10. The fourth-order valence-electron chi connectivity index (χ4n) is 3.34. The maximum Gasteiger partial charge on any atom is 0.216 e. The van der Waals surface area contributed by atoms with Gasteiger partial charge in [-0.3, -0.25) is 4.79 Å². The number of carbonyl (C=O) groups excluding carboxylic acids is 1. The van der Waals surface area contributed by atoms with Gasteiger partial charge in [-0.1, -0.05) is 48.4 Å². The van der Waals surface area contributed by atoms with Crippen molar-refractivity contribution in [3.8, 4) is 0 Å². The fraction of sp³-hybridized carbons (Fsp3) is 0.364. The molecule has 4 heteroatoms. The lowest BCUT2D eigenvalue weighted by atomic mass is 10.1. The van der Waals surface area contributed by atoms with Gasteiger partial charge in [-0.15, -0.1) is 0 Å². The Kier molecular flexibility index (Phi) is 6.05. The number of nitrogens with zero attached hydrogens (tertiary/aromatic N) is 2.